The van der Waals surface area contributed by atoms with Gasteiger partial charge in [0.1, 0.15) is 11.4 Å². The molecule has 0 aromatic heterocycles. The summed E-state index contributed by atoms with van der Waals surface area (Å²) in [7, 11) is 0. The van der Waals surface area contributed by atoms with E-state index < -0.39 is 5.60 Å². The minimum Gasteiger partial charge on any atom is -0.485 e. The zero-order chi connectivity index (χ0) is 13.9. The average molecular weight is 294 g/mol. The number of hydrogen-bond acceptors (Lipinski definition) is 3. The Hall–Kier alpha value is -1.71. The van der Waals surface area contributed by atoms with Gasteiger partial charge in [0.15, 0.2) is 0 Å². The second-order valence-corrected chi connectivity index (χ2v) is 5.17. The second-order valence-electron chi connectivity index (χ2n) is 5.17. The van der Waals surface area contributed by atoms with Crippen LogP contribution < -0.4 is 10.5 Å². The number of ether oxygens (including phenoxy) is 1. The van der Waals surface area contributed by atoms with E-state index in [1.165, 1.54) is 0 Å². The van der Waals surface area contributed by atoms with Crippen molar-refractivity contribution in [1.29, 1.82) is 0 Å². The van der Waals surface area contributed by atoms with Gasteiger partial charge in [0.05, 0.1) is 6.61 Å². The van der Waals surface area contributed by atoms with Crippen molar-refractivity contribution >= 4 is 18.1 Å². The third-order valence-corrected chi connectivity index (χ3v) is 2.87. The van der Waals surface area contributed by atoms with E-state index >= 15 is 0 Å². The molecule has 0 radical (unpaired) electrons. The van der Waals surface area contributed by atoms with Gasteiger partial charge in [0.2, 0.25) is 0 Å². The van der Waals surface area contributed by atoms with Crippen LogP contribution >= 0.6 is 12.4 Å². The maximum atomic E-state index is 9.18. The molecule has 20 heavy (non-hydrogen) atoms. The van der Waals surface area contributed by atoms with Crippen LogP contribution in [0.2, 0.25) is 0 Å². The molecule has 2 aromatic carbocycles. The molecule has 3 nitrogen and oxygen atoms in total. The van der Waals surface area contributed by atoms with Crippen LogP contribution in [-0.2, 0) is 0 Å². The molecule has 0 aliphatic heterocycles. The largest absolute Gasteiger partial charge is 0.485 e. The molecular weight excluding hydrogens is 274 g/mol. The van der Waals surface area contributed by atoms with Gasteiger partial charge in [-0.05, 0) is 49.2 Å². The van der Waals surface area contributed by atoms with E-state index in [0.29, 0.717) is 0 Å². The number of aliphatic hydroxyl groups excluding tert-OH is 1. The van der Waals surface area contributed by atoms with Gasteiger partial charge in [-0.3, -0.25) is 0 Å². The Labute approximate surface area is 125 Å². The van der Waals surface area contributed by atoms with Gasteiger partial charge in [-0.2, -0.15) is 0 Å². The van der Waals surface area contributed by atoms with Gasteiger partial charge in [0, 0.05) is 5.69 Å². The van der Waals surface area contributed by atoms with Gasteiger partial charge in [0.25, 0.3) is 0 Å². The molecule has 0 heterocycles. The van der Waals surface area contributed by atoms with Crippen LogP contribution in [0.1, 0.15) is 13.8 Å². The van der Waals surface area contributed by atoms with Crippen molar-refractivity contribution < 1.29 is 9.84 Å². The molecule has 2 aromatic rings. The summed E-state index contributed by atoms with van der Waals surface area (Å²) in [6.45, 7) is 3.68. The highest BCUT2D eigenvalue weighted by molar-refractivity contribution is 5.85. The average Bonchev–Trinajstić information content (AvgIpc) is 2.40. The van der Waals surface area contributed by atoms with Gasteiger partial charge >= 0.3 is 0 Å². The van der Waals surface area contributed by atoms with Gasteiger partial charge in [-0.15, -0.1) is 12.4 Å². The zero-order valence-electron chi connectivity index (χ0n) is 11.7. The fraction of sp³-hybridized carbons (Fsp3) is 0.250. The Balaban J connectivity index is 0.00000200. The lowest BCUT2D eigenvalue weighted by Gasteiger charge is -2.23. The van der Waals surface area contributed by atoms with Gasteiger partial charge < -0.3 is 15.6 Å². The van der Waals surface area contributed by atoms with Crippen LogP contribution in [0.4, 0.5) is 5.69 Å². The number of halogens is 1. The number of nitrogens with two attached hydrogens (primary N) is 1. The SMILES string of the molecule is CC(C)(CO)Oc1ccc(-c2ccc(N)cc2)cc1.Cl. The van der Waals surface area contributed by atoms with Crippen molar-refractivity contribution in [2.24, 2.45) is 0 Å². The Bertz CT molecular complexity index is 535. The summed E-state index contributed by atoms with van der Waals surface area (Å²) in [6.07, 6.45) is 0. The molecule has 2 rings (SSSR count). The Morgan fingerprint density at radius 1 is 0.950 bits per heavy atom. The third-order valence-electron chi connectivity index (χ3n) is 2.87. The molecule has 4 heteroatoms. The smallest absolute Gasteiger partial charge is 0.126 e. The second kappa shape index (κ2) is 6.64. The predicted molar refractivity (Wildman–Crippen MR) is 85.3 cm³/mol. The summed E-state index contributed by atoms with van der Waals surface area (Å²) >= 11 is 0. The lowest BCUT2D eigenvalue weighted by atomic mass is 10.1. The standard InChI is InChI=1S/C16H19NO2.ClH/c1-16(2,11-18)19-15-9-5-13(6-10-15)12-3-7-14(17)8-4-12;/h3-10,18H,11,17H2,1-2H3;1H. The van der Waals surface area contributed by atoms with E-state index in [1.54, 1.807) is 0 Å². The molecule has 0 fully saturated rings. The minimum absolute atomic E-state index is 0. The van der Waals surface area contributed by atoms with Crippen molar-refractivity contribution in [2.75, 3.05) is 12.3 Å². The molecule has 0 amide bonds. The highest BCUT2D eigenvalue weighted by Gasteiger charge is 2.17. The van der Waals surface area contributed by atoms with Crippen molar-refractivity contribution in [3.63, 3.8) is 0 Å². The fourth-order valence-corrected chi connectivity index (χ4v) is 1.74. The fourth-order valence-electron chi connectivity index (χ4n) is 1.74. The van der Waals surface area contributed by atoms with Crippen molar-refractivity contribution in [2.45, 2.75) is 19.4 Å². The molecule has 0 bridgehead atoms. The van der Waals surface area contributed by atoms with Crippen molar-refractivity contribution in [3.8, 4) is 16.9 Å². The molecule has 0 atom stereocenters. The molecular formula is C16H20ClNO2. The van der Waals surface area contributed by atoms with Gasteiger partial charge in [-0.25, -0.2) is 0 Å². The molecule has 3 N–H and O–H groups in total. The molecule has 0 saturated carbocycles. The maximum absolute atomic E-state index is 9.18. The Morgan fingerprint density at radius 2 is 1.40 bits per heavy atom. The molecule has 0 aliphatic rings. The summed E-state index contributed by atoms with van der Waals surface area (Å²) in [5.41, 5.74) is 8.08. The highest BCUT2D eigenvalue weighted by atomic mass is 35.5. The molecule has 0 spiro atoms. The van der Waals surface area contributed by atoms with E-state index in [1.807, 2.05) is 62.4 Å². The summed E-state index contributed by atoms with van der Waals surface area (Å²) in [5.74, 6) is 0.748. The quantitative estimate of drug-likeness (QED) is 0.848. The molecule has 108 valence electrons. The first-order valence-corrected chi connectivity index (χ1v) is 6.26. The van der Waals surface area contributed by atoms with Crippen LogP contribution in [0.5, 0.6) is 5.75 Å². The lowest BCUT2D eigenvalue weighted by Crippen LogP contribution is -2.32. The van der Waals surface area contributed by atoms with E-state index in [4.69, 9.17) is 10.5 Å². The first-order chi connectivity index (χ1) is 9.00. The van der Waals surface area contributed by atoms with E-state index in [0.717, 1.165) is 22.6 Å². The topological polar surface area (TPSA) is 55.5 Å². The van der Waals surface area contributed by atoms with E-state index in [9.17, 15) is 5.11 Å². The summed E-state index contributed by atoms with van der Waals surface area (Å²) < 4.78 is 5.69. The normalized spacial score (nSPS) is 10.8. The minimum atomic E-state index is -0.567. The summed E-state index contributed by atoms with van der Waals surface area (Å²) in [4.78, 5) is 0. The lowest BCUT2D eigenvalue weighted by molar-refractivity contribution is 0.0413. The number of nitrogen functional groups attached to an aromatic ring is 1. The number of anilines is 1. The first kappa shape index (κ1) is 16.3. The predicted octanol–water partition coefficient (Wildman–Crippen LogP) is 3.51. The van der Waals surface area contributed by atoms with Gasteiger partial charge in [-0.1, -0.05) is 24.3 Å². The number of rotatable bonds is 4. The first-order valence-electron chi connectivity index (χ1n) is 6.26. The van der Waals surface area contributed by atoms with Crippen LogP contribution in [0.25, 0.3) is 11.1 Å². The Kier molecular flexibility index (Phi) is 5.43. The Morgan fingerprint density at radius 3 is 1.85 bits per heavy atom. The van der Waals surface area contributed by atoms with Crippen LogP contribution in [-0.4, -0.2) is 17.3 Å². The van der Waals surface area contributed by atoms with Crippen LogP contribution in [0, 0.1) is 0 Å². The van der Waals surface area contributed by atoms with E-state index in [2.05, 4.69) is 0 Å². The zero-order valence-corrected chi connectivity index (χ0v) is 12.5. The monoisotopic (exact) mass is 293 g/mol. The third kappa shape index (κ3) is 4.15. The summed E-state index contributed by atoms with van der Waals surface area (Å²) in [6, 6.07) is 15.5. The molecule has 0 aliphatic carbocycles. The van der Waals surface area contributed by atoms with Crippen molar-refractivity contribution in [1.82, 2.24) is 0 Å². The number of aliphatic hydroxyl groups is 1. The van der Waals surface area contributed by atoms with E-state index in [-0.39, 0.29) is 19.0 Å². The highest BCUT2D eigenvalue weighted by Crippen LogP contribution is 2.25. The van der Waals surface area contributed by atoms with Crippen molar-refractivity contribution in [3.05, 3.63) is 48.5 Å². The maximum Gasteiger partial charge on any atom is 0.126 e. The number of benzene rings is 2. The molecule has 0 saturated heterocycles. The molecule has 0 unspecified atom stereocenters. The number of hydrogen-bond donors (Lipinski definition) is 2. The van der Waals surface area contributed by atoms with Crippen LogP contribution in [0.3, 0.4) is 0 Å². The summed E-state index contributed by atoms with van der Waals surface area (Å²) in [5, 5.41) is 9.18. The van der Waals surface area contributed by atoms with Crippen LogP contribution in [0.15, 0.2) is 48.5 Å².